The molecule has 2 aromatic rings. The number of nitrogens with zero attached hydrogens (tertiary/aromatic N) is 3. The Morgan fingerprint density at radius 2 is 1.80 bits per heavy atom. The number of nitrogens with one attached hydrogen (secondary N) is 1. The Labute approximate surface area is 174 Å². The van der Waals surface area contributed by atoms with E-state index >= 15 is 0 Å². The number of piperazine rings is 1. The van der Waals surface area contributed by atoms with Crippen LogP contribution in [0, 0.1) is 15.9 Å². The Morgan fingerprint density at radius 1 is 1.13 bits per heavy atom. The first-order valence-corrected chi connectivity index (χ1v) is 10.8. The molecule has 0 bridgehead atoms. The summed E-state index contributed by atoms with van der Waals surface area (Å²) < 4.78 is 44.9. The minimum atomic E-state index is -3.70. The molecular formula is C19H23FN4O5S. The molecule has 0 atom stereocenters. The van der Waals surface area contributed by atoms with Crippen molar-refractivity contribution in [2.24, 2.45) is 0 Å². The summed E-state index contributed by atoms with van der Waals surface area (Å²) in [5.41, 5.74) is 1.11. The Bertz CT molecular complexity index is 992. The fourth-order valence-electron chi connectivity index (χ4n) is 3.25. The van der Waals surface area contributed by atoms with Crippen molar-refractivity contribution in [2.75, 3.05) is 56.7 Å². The molecule has 0 spiro atoms. The smallest absolute Gasteiger partial charge is 0.292 e. The molecule has 2 aromatic carbocycles. The average molecular weight is 438 g/mol. The summed E-state index contributed by atoms with van der Waals surface area (Å²) in [6, 6.07) is 9.54. The molecule has 1 aliphatic heterocycles. The topological polar surface area (TPSA) is 105 Å². The summed E-state index contributed by atoms with van der Waals surface area (Å²) >= 11 is 0. The van der Waals surface area contributed by atoms with E-state index in [4.69, 9.17) is 4.74 Å². The van der Waals surface area contributed by atoms with E-state index in [0.717, 1.165) is 17.8 Å². The highest BCUT2D eigenvalue weighted by molar-refractivity contribution is 7.89. The standard InChI is InChI=1S/C19H23FN4O5S/c1-29-13-8-21-18-14-16(4-7-19(18)24(25)26)22-9-11-23(12-10-22)30(27,28)17-5-2-15(20)3-6-17/h2-7,14,21H,8-13H2,1H3. The van der Waals surface area contributed by atoms with Crippen molar-refractivity contribution in [3.05, 3.63) is 58.4 Å². The minimum absolute atomic E-state index is 0.0348. The van der Waals surface area contributed by atoms with E-state index in [1.165, 1.54) is 22.5 Å². The molecule has 1 heterocycles. The number of hydrogen-bond donors (Lipinski definition) is 1. The lowest BCUT2D eigenvalue weighted by molar-refractivity contribution is -0.383. The zero-order valence-electron chi connectivity index (χ0n) is 16.5. The van der Waals surface area contributed by atoms with Gasteiger partial charge >= 0.3 is 0 Å². The van der Waals surface area contributed by atoms with Crippen molar-refractivity contribution >= 4 is 27.1 Å². The van der Waals surface area contributed by atoms with Gasteiger partial charge in [0.2, 0.25) is 10.0 Å². The molecule has 9 nitrogen and oxygen atoms in total. The fraction of sp³-hybridized carbons (Fsp3) is 0.368. The predicted molar refractivity (Wildman–Crippen MR) is 111 cm³/mol. The zero-order valence-corrected chi connectivity index (χ0v) is 17.3. The highest BCUT2D eigenvalue weighted by atomic mass is 32.2. The van der Waals surface area contributed by atoms with E-state index in [1.54, 1.807) is 19.2 Å². The van der Waals surface area contributed by atoms with Crippen molar-refractivity contribution < 1.29 is 22.5 Å². The van der Waals surface area contributed by atoms with Gasteiger partial charge in [-0.25, -0.2) is 12.8 Å². The number of hydrogen-bond acceptors (Lipinski definition) is 7. The van der Waals surface area contributed by atoms with Gasteiger partial charge in [-0.2, -0.15) is 4.31 Å². The molecule has 1 N–H and O–H groups in total. The Balaban J connectivity index is 1.71. The molecule has 1 fully saturated rings. The number of ether oxygens (including phenoxy) is 1. The number of rotatable bonds is 8. The lowest BCUT2D eigenvalue weighted by Gasteiger charge is -2.35. The number of nitro benzene ring substituents is 1. The van der Waals surface area contributed by atoms with Crippen LogP contribution >= 0.6 is 0 Å². The molecule has 3 rings (SSSR count). The van der Waals surface area contributed by atoms with E-state index in [0.29, 0.717) is 31.9 Å². The van der Waals surface area contributed by atoms with Crippen LogP contribution in [-0.4, -0.2) is 64.1 Å². The second-order valence-corrected chi connectivity index (χ2v) is 8.66. The lowest BCUT2D eigenvalue weighted by Crippen LogP contribution is -2.48. The molecule has 1 aliphatic rings. The van der Waals surface area contributed by atoms with Crippen LogP contribution in [0.1, 0.15) is 0 Å². The van der Waals surface area contributed by atoms with Gasteiger partial charge in [0.1, 0.15) is 11.5 Å². The first-order chi connectivity index (χ1) is 14.3. The number of methoxy groups -OCH3 is 1. The maximum Gasteiger partial charge on any atom is 0.292 e. The maximum absolute atomic E-state index is 13.1. The van der Waals surface area contributed by atoms with E-state index in [2.05, 4.69) is 5.32 Å². The highest BCUT2D eigenvalue weighted by Gasteiger charge is 2.29. The van der Waals surface area contributed by atoms with Gasteiger partial charge in [0, 0.05) is 51.6 Å². The summed E-state index contributed by atoms with van der Waals surface area (Å²) in [4.78, 5) is 12.8. The second kappa shape index (κ2) is 9.37. The van der Waals surface area contributed by atoms with Crippen molar-refractivity contribution in [3.8, 4) is 0 Å². The molecule has 0 aromatic heterocycles. The third-order valence-corrected chi connectivity index (χ3v) is 6.77. The molecule has 1 saturated heterocycles. The molecule has 0 saturated carbocycles. The van der Waals surface area contributed by atoms with Crippen LogP contribution in [0.4, 0.5) is 21.5 Å². The van der Waals surface area contributed by atoms with Gasteiger partial charge < -0.3 is 15.0 Å². The lowest BCUT2D eigenvalue weighted by atomic mass is 10.2. The van der Waals surface area contributed by atoms with Gasteiger partial charge in [0.15, 0.2) is 0 Å². The summed E-state index contributed by atoms with van der Waals surface area (Å²) in [6.07, 6.45) is 0. The number of benzene rings is 2. The monoisotopic (exact) mass is 438 g/mol. The highest BCUT2D eigenvalue weighted by Crippen LogP contribution is 2.30. The van der Waals surface area contributed by atoms with Crippen molar-refractivity contribution in [2.45, 2.75) is 4.90 Å². The Kier molecular flexibility index (Phi) is 6.85. The molecule has 0 aliphatic carbocycles. The van der Waals surface area contributed by atoms with Gasteiger partial charge in [0.25, 0.3) is 5.69 Å². The van der Waals surface area contributed by atoms with Crippen molar-refractivity contribution in [1.82, 2.24) is 4.31 Å². The van der Waals surface area contributed by atoms with Gasteiger partial charge in [-0.15, -0.1) is 0 Å². The largest absolute Gasteiger partial charge is 0.383 e. The van der Waals surface area contributed by atoms with Gasteiger partial charge in [0.05, 0.1) is 16.4 Å². The first kappa shape index (κ1) is 21.9. The van der Waals surface area contributed by atoms with E-state index < -0.39 is 20.8 Å². The van der Waals surface area contributed by atoms with E-state index in [-0.39, 0.29) is 23.7 Å². The predicted octanol–water partition coefficient (Wildman–Crippen LogP) is 2.30. The van der Waals surface area contributed by atoms with Gasteiger partial charge in [-0.1, -0.05) is 0 Å². The fourth-order valence-corrected chi connectivity index (χ4v) is 4.67. The number of nitro groups is 1. The normalized spacial score (nSPS) is 15.2. The van der Waals surface area contributed by atoms with Crippen LogP contribution in [0.15, 0.2) is 47.4 Å². The average Bonchev–Trinajstić information content (AvgIpc) is 2.74. The Hall–Kier alpha value is -2.76. The van der Waals surface area contributed by atoms with Crippen molar-refractivity contribution in [3.63, 3.8) is 0 Å². The van der Waals surface area contributed by atoms with Gasteiger partial charge in [-0.3, -0.25) is 10.1 Å². The minimum Gasteiger partial charge on any atom is -0.383 e. The quantitative estimate of drug-likeness (QED) is 0.383. The van der Waals surface area contributed by atoms with Crippen LogP contribution in [0.25, 0.3) is 0 Å². The van der Waals surface area contributed by atoms with Crippen molar-refractivity contribution in [1.29, 1.82) is 0 Å². The molecule has 0 radical (unpaired) electrons. The first-order valence-electron chi connectivity index (χ1n) is 9.35. The van der Waals surface area contributed by atoms with Crippen LogP contribution in [0.2, 0.25) is 0 Å². The van der Waals surface area contributed by atoms with Crippen LogP contribution in [-0.2, 0) is 14.8 Å². The Morgan fingerprint density at radius 3 is 2.40 bits per heavy atom. The number of halogens is 1. The van der Waals surface area contributed by atoms with Crippen LogP contribution in [0.5, 0.6) is 0 Å². The summed E-state index contributed by atoms with van der Waals surface area (Å²) in [7, 11) is -2.15. The third kappa shape index (κ3) is 4.86. The van der Waals surface area contributed by atoms with E-state index in [1.807, 2.05) is 4.90 Å². The van der Waals surface area contributed by atoms with Crippen LogP contribution < -0.4 is 10.2 Å². The zero-order chi connectivity index (χ0) is 21.7. The molecule has 0 unspecified atom stereocenters. The second-order valence-electron chi connectivity index (χ2n) is 6.72. The summed E-state index contributed by atoms with van der Waals surface area (Å²) in [6.45, 7) is 2.18. The van der Waals surface area contributed by atoms with E-state index in [9.17, 15) is 22.9 Å². The molecule has 0 amide bonds. The molecule has 30 heavy (non-hydrogen) atoms. The molecular weight excluding hydrogens is 415 g/mol. The number of anilines is 2. The molecule has 11 heteroatoms. The van der Waals surface area contributed by atoms with Gasteiger partial charge in [-0.05, 0) is 36.4 Å². The SMILES string of the molecule is COCCNc1cc(N2CCN(S(=O)(=O)c3ccc(F)cc3)CC2)ccc1[N+](=O)[O-]. The summed E-state index contributed by atoms with van der Waals surface area (Å²) in [5, 5.41) is 14.3. The molecule has 162 valence electrons. The van der Waals surface area contributed by atoms with Crippen LogP contribution in [0.3, 0.4) is 0 Å². The number of sulfonamides is 1. The maximum atomic E-state index is 13.1. The summed E-state index contributed by atoms with van der Waals surface area (Å²) in [5.74, 6) is -0.494. The third-order valence-electron chi connectivity index (χ3n) is 4.85.